The third kappa shape index (κ3) is 2.68. The molecule has 1 heterocycles. The first-order chi connectivity index (χ1) is 6.65. The first kappa shape index (κ1) is 10.9. The zero-order chi connectivity index (χ0) is 10.6. The van der Waals surface area contributed by atoms with E-state index >= 15 is 0 Å². The van der Waals surface area contributed by atoms with Crippen LogP contribution in [0.2, 0.25) is 0 Å². The van der Waals surface area contributed by atoms with Crippen LogP contribution in [0.25, 0.3) is 0 Å². The molecule has 14 heavy (non-hydrogen) atoms. The van der Waals surface area contributed by atoms with Crippen molar-refractivity contribution < 1.29 is 24.5 Å². The van der Waals surface area contributed by atoms with Gasteiger partial charge in [0.25, 0.3) is 0 Å². The van der Waals surface area contributed by atoms with Crippen LogP contribution in [-0.2, 0) is 14.3 Å². The molecule has 1 fully saturated rings. The fourth-order valence-corrected chi connectivity index (χ4v) is 1.22. The van der Waals surface area contributed by atoms with Crippen molar-refractivity contribution in [2.24, 2.45) is 5.92 Å². The molecule has 0 radical (unpaired) electrons. The van der Waals surface area contributed by atoms with E-state index in [1.165, 1.54) is 0 Å². The quantitative estimate of drug-likeness (QED) is 0.521. The van der Waals surface area contributed by atoms with Crippen LogP contribution >= 0.6 is 0 Å². The number of aliphatic carboxylic acids is 1. The van der Waals surface area contributed by atoms with Crippen LogP contribution in [0.15, 0.2) is 0 Å². The Balaban J connectivity index is 2.41. The van der Waals surface area contributed by atoms with Gasteiger partial charge in [-0.15, -0.1) is 0 Å². The molecule has 6 heteroatoms. The van der Waals surface area contributed by atoms with Gasteiger partial charge in [0, 0.05) is 6.61 Å². The molecule has 0 aromatic carbocycles. The topological polar surface area (TPSA) is 95.9 Å². The highest BCUT2D eigenvalue weighted by Crippen LogP contribution is 2.12. The Morgan fingerprint density at radius 1 is 1.57 bits per heavy atom. The Labute approximate surface area is 80.9 Å². The molecule has 3 N–H and O–H groups in total. The Kier molecular flexibility index (Phi) is 3.84. The Morgan fingerprint density at radius 2 is 2.29 bits per heavy atom. The number of nitrogens with one attached hydrogen (secondary N) is 1. The zero-order valence-corrected chi connectivity index (χ0v) is 7.60. The lowest BCUT2D eigenvalue weighted by Crippen LogP contribution is -2.45. The second-order valence-corrected chi connectivity index (χ2v) is 3.14. The zero-order valence-electron chi connectivity index (χ0n) is 7.60. The Hall–Kier alpha value is -1.14. The number of carboxylic acid groups (broad SMARTS) is 1. The van der Waals surface area contributed by atoms with Crippen molar-refractivity contribution >= 4 is 11.9 Å². The maximum Gasteiger partial charge on any atom is 0.328 e. The average Bonchev–Trinajstić information content (AvgIpc) is 2.65. The maximum absolute atomic E-state index is 11.4. The van der Waals surface area contributed by atoms with Crippen molar-refractivity contribution in [2.75, 3.05) is 19.8 Å². The third-order valence-electron chi connectivity index (χ3n) is 2.10. The number of hydrogen-bond donors (Lipinski definition) is 3. The molecule has 6 nitrogen and oxygen atoms in total. The number of amides is 1. The van der Waals surface area contributed by atoms with E-state index in [0.29, 0.717) is 19.6 Å². The minimum atomic E-state index is -1.24. The number of carbonyl (C=O) groups is 2. The predicted molar refractivity (Wildman–Crippen MR) is 45.6 cm³/mol. The monoisotopic (exact) mass is 203 g/mol. The molecular formula is C8H13NO5. The Morgan fingerprint density at radius 3 is 2.71 bits per heavy atom. The lowest BCUT2D eigenvalue weighted by molar-refractivity contribution is -0.143. The van der Waals surface area contributed by atoms with E-state index in [4.69, 9.17) is 14.9 Å². The number of carboxylic acids is 1. The van der Waals surface area contributed by atoms with Gasteiger partial charge in [0.2, 0.25) is 5.91 Å². The number of aliphatic hydroxyl groups excluding tert-OH is 1. The summed E-state index contributed by atoms with van der Waals surface area (Å²) in [6, 6.07) is -1.22. The summed E-state index contributed by atoms with van der Waals surface area (Å²) >= 11 is 0. The summed E-state index contributed by atoms with van der Waals surface area (Å²) < 4.78 is 4.98. The van der Waals surface area contributed by atoms with Crippen molar-refractivity contribution in [2.45, 2.75) is 12.5 Å². The second-order valence-electron chi connectivity index (χ2n) is 3.14. The van der Waals surface area contributed by atoms with Crippen LogP contribution in [0.3, 0.4) is 0 Å². The van der Waals surface area contributed by atoms with E-state index in [1.54, 1.807) is 0 Å². The van der Waals surface area contributed by atoms with Crippen molar-refractivity contribution in [3.63, 3.8) is 0 Å². The fraction of sp³-hybridized carbons (Fsp3) is 0.750. The Bertz CT molecular complexity index is 224. The van der Waals surface area contributed by atoms with Crippen LogP contribution in [0.4, 0.5) is 0 Å². The number of hydrogen-bond acceptors (Lipinski definition) is 4. The van der Waals surface area contributed by atoms with E-state index in [1.807, 2.05) is 0 Å². The van der Waals surface area contributed by atoms with Crippen LogP contribution in [0, 0.1) is 5.92 Å². The van der Waals surface area contributed by atoms with Gasteiger partial charge in [-0.2, -0.15) is 0 Å². The number of rotatable bonds is 4. The number of carbonyl (C=O) groups excluding carboxylic acids is 1. The van der Waals surface area contributed by atoms with Gasteiger partial charge in [-0.05, 0) is 6.42 Å². The molecule has 1 aliphatic rings. The van der Waals surface area contributed by atoms with E-state index < -0.39 is 18.6 Å². The highest BCUT2D eigenvalue weighted by molar-refractivity contribution is 5.85. The van der Waals surface area contributed by atoms with Gasteiger partial charge in [-0.25, -0.2) is 4.79 Å². The standard InChI is InChI=1S/C8H13NO5/c10-3-6(8(12)13)9-7(11)5-1-2-14-4-5/h5-6,10H,1-4H2,(H,9,11)(H,12,13). The van der Waals surface area contributed by atoms with E-state index in [2.05, 4.69) is 5.32 Å². The van der Waals surface area contributed by atoms with Crippen LogP contribution in [0.5, 0.6) is 0 Å². The summed E-state index contributed by atoms with van der Waals surface area (Å²) in [6.45, 7) is 0.243. The first-order valence-electron chi connectivity index (χ1n) is 4.37. The molecule has 0 aromatic heterocycles. The molecule has 1 saturated heterocycles. The molecule has 1 amide bonds. The van der Waals surface area contributed by atoms with Gasteiger partial charge >= 0.3 is 5.97 Å². The van der Waals surface area contributed by atoms with Crippen molar-refractivity contribution in [1.29, 1.82) is 0 Å². The fourth-order valence-electron chi connectivity index (χ4n) is 1.22. The maximum atomic E-state index is 11.4. The van der Waals surface area contributed by atoms with Crippen molar-refractivity contribution in [3.05, 3.63) is 0 Å². The molecule has 0 bridgehead atoms. The predicted octanol–water partition coefficient (Wildman–Crippen LogP) is -1.42. The summed E-state index contributed by atoms with van der Waals surface area (Å²) in [5.74, 6) is -1.90. The van der Waals surface area contributed by atoms with Crippen LogP contribution in [0.1, 0.15) is 6.42 Å². The molecule has 0 aromatic rings. The van der Waals surface area contributed by atoms with E-state index in [0.717, 1.165) is 0 Å². The van der Waals surface area contributed by atoms with Crippen molar-refractivity contribution in [3.8, 4) is 0 Å². The largest absolute Gasteiger partial charge is 0.480 e. The van der Waals surface area contributed by atoms with Gasteiger partial charge in [-0.1, -0.05) is 0 Å². The summed E-state index contributed by atoms with van der Waals surface area (Å²) in [7, 11) is 0. The minimum Gasteiger partial charge on any atom is -0.480 e. The van der Waals surface area contributed by atoms with Crippen LogP contribution in [-0.4, -0.2) is 48.0 Å². The van der Waals surface area contributed by atoms with Gasteiger partial charge in [0.1, 0.15) is 6.04 Å². The van der Waals surface area contributed by atoms with Crippen molar-refractivity contribution in [1.82, 2.24) is 5.32 Å². The summed E-state index contributed by atoms with van der Waals surface area (Å²) in [6.07, 6.45) is 0.601. The number of aliphatic hydroxyl groups is 1. The van der Waals surface area contributed by atoms with E-state index in [9.17, 15) is 9.59 Å². The highest BCUT2D eigenvalue weighted by Gasteiger charge is 2.27. The van der Waals surface area contributed by atoms with Gasteiger partial charge in [-0.3, -0.25) is 4.79 Å². The minimum absolute atomic E-state index is 0.289. The molecule has 1 aliphatic heterocycles. The molecule has 2 unspecified atom stereocenters. The first-order valence-corrected chi connectivity index (χ1v) is 4.37. The highest BCUT2D eigenvalue weighted by atomic mass is 16.5. The molecule has 2 atom stereocenters. The number of ether oxygens (including phenoxy) is 1. The van der Waals surface area contributed by atoms with Crippen LogP contribution < -0.4 is 5.32 Å². The molecular weight excluding hydrogens is 190 g/mol. The SMILES string of the molecule is O=C(NC(CO)C(=O)O)C1CCOC1. The van der Waals surface area contributed by atoms with E-state index in [-0.39, 0.29) is 11.8 Å². The smallest absolute Gasteiger partial charge is 0.328 e. The molecule has 1 rings (SSSR count). The summed E-state index contributed by atoms with van der Waals surface area (Å²) in [5.41, 5.74) is 0. The molecule has 80 valence electrons. The third-order valence-corrected chi connectivity index (χ3v) is 2.10. The second kappa shape index (κ2) is 4.92. The van der Waals surface area contributed by atoms with Gasteiger partial charge in [0.05, 0.1) is 19.1 Å². The molecule has 0 saturated carbocycles. The van der Waals surface area contributed by atoms with Gasteiger partial charge < -0.3 is 20.3 Å². The molecule has 0 spiro atoms. The summed E-state index contributed by atoms with van der Waals surface area (Å²) in [5, 5.41) is 19.5. The normalized spacial score (nSPS) is 23.1. The lowest BCUT2D eigenvalue weighted by Gasteiger charge is -2.14. The van der Waals surface area contributed by atoms with Gasteiger partial charge in [0.15, 0.2) is 0 Å². The summed E-state index contributed by atoms with van der Waals surface area (Å²) in [4.78, 5) is 21.8. The lowest BCUT2D eigenvalue weighted by atomic mass is 10.1. The average molecular weight is 203 g/mol. The molecule has 0 aliphatic carbocycles.